The average molecular weight is 280 g/mol. The van der Waals surface area contributed by atoms with Crippen molar-refractivity contribution < 1.29 is 19.5 Å². The third-order valence-corrected chi connectivity index (χ3v) is 4.66. The van der Waals surface area contributed by atoms with E-state index in [4.69, 9.17) is 0 Å². The normalized spacial score (nSPS) is 26.6. The summed E-state index contributed by atoms with van der Waals surface area (Å²) in [6, 6.07) is 0. The molecule has 1 aromatic rings. The van der Waals surface area contributed by atoms with Crippen LogP contribution in [0.3, 0.4) is 0 Å². The molecule has 2 aliphatic rings. The van der Waals surface area contributed by atoms with Crippen LogP contribution in [0.5, 0.6) is 5.06 Å². The number of nitrogens with one attached hydrogen (secondary N) is 1. The van der Waals surface area contributed by atoms with Gasteiger partial charge in [-0.3, -0.25) is 19.7 Å². The first-order valence-corrected chi connectivity index (χ1v) is 6.77. The quantitative estimate of drug-likeness (QED) is 0.738. The van der Waals surface area contributed by atoms with Crippen molar-refractivity contribution in [3.8, 4) is 5.06 Å². The van der Waals surface area contributed by atoms with Crippen molar-refractivity contribution in [1.82, 2.24) is 10.2 Å². The Morgan fingerprint density at radius 2 is 2.16 bits per heavy atom. The predicted octanol–water partition coefficient (Wildman–Crippen LogP) is 0.605. The molecule has 0 radical (unpaired) electrons. The number of nitrogens with zero attached hydrogens (tertiary/aromatic N) is 1. The topological polar surface area (TPSA) is 86.7 Å². The lowest BCUT2D eigenvalue weighted by molar-refractivity contribution is -0.142. The summed E-state index contributed by atoms with van der Waals surface area (Å²) in [6.07, 6.45) is 0.517. The summed E-state index contributed by atoms with van der Waals surface area (Å²) in [5.41, 5.74) is -0.0111. The van der Waals surface area contributed by atoms with E-state index in [2.05, 4.69) is 5.32 Å². The average Bonchev–Trinajstić information content (AvgIpc) is 2.87. The fourth-order valence-electron chi connectivity index (χ4n) is 2.53. The Labute approximate surface area is 113 Å². The second kappa shape index (κ2) is 3.80. The molecule has 6 nitrogen and oxygen atoms in total. The van der Waals surface area contributed by atoms with Crippen LogP contribution in [0.1, 0.15) is 35.7 Å². The minimum Gasteiger partial charge on any atom is -0.499 e. The Hall–Kier alpha value is -1.89. The van der Waals surface area contributed by atoms with Gasteiger partial charge in [0.1, 0.15) is 5.54 Å². The van der Waals surface area contributed by atoms with Crippen molar-refractivity contribution in [3.63, 3.8) is 0 Å². The van der Waals surface area contributed by atoms with Gasteiger partial charge in [0, 0.05) is 17.4 Å². The van der Waals surface area contributed by atoms with Crippen LogP contribution in [-0.4, -0.2) is 33.3 Å². The highest BCUT2D eigenvalue weighted by atomic mass is 32.1. The van der Waals surface area contributed by atoms with E-state index in [0.29, 0.717) is 17.5 Å². The molecule has 1 saturated heterocycles. The maximum atomic E-state index is 12.3. The number of rotatable bonds is 1. The maximum Gasteiger partial charge on any atom is 0.256 e. The van der Waals surface area contributed by atoms with Gasteiger partial charge in [0.05, 0.1) is 12.1 Å². The molecule has 0 aromatic carbocycles. The van der Waals surface area contributed by atoms with Gasteiger partial charge in [-0.1, -0.05) is 0 Å². The number of carbonyl (C=O) groups excluding carboxylic acids is 3. The molecule has 0 aliphatic carbocycles. The van der Waals surface area contributed by atoms with E-state index in [1.165, 1.54) is 4.90 Å². The van der Waals surface area contributed by atoms with E-state index in [1.54, 1.807) is 12.3 Å². The second-order valence-electron chi connectivity index (χ2n) is 4.98. The van der Waals surface area contributed by atoms with E-state index in [1.807, 2.05) is 0 Å². The van der Waals surface area contributed by atoms with E-state index in [9.17, 15) is 19.5 Å². The van der Waals surface area contributed by atoms with E-state index in [0.717, 1.165) is 11.3 Å². The Morgan fingerprint density at radius 1 is 1.42 bits per heavy atom. The van der Waals surface area contributed by atoms with Crippen molar-refractivity contribution in [2.45, 2.75) is 31.8 Å². The number of piperidine rings is 1. The highest BCUT2D eigenvalue weighted by molar-refractivity contribution is 7.12. The molecule has 2 aliphatic heterocycles. The largest absolute Gasteiger partial charge is 0.499 e. The van der Waals surface area contributed by atoms with Crippen molar-refractivity contribution in [1.29, 1.82) is 0 Å². The molecule has 3 rings (SSSR count). The van der Waals surface area contributed by atoms with Crippen LogP contribution in [0.4, 0.5) is 0 Å². The number of hydrogen-bond acceptors (Lipinski definition) is 5. The summed E-state index contributed by atoms with van der Waals surface area (Å²) in [5.74, 6) is -1.03. The summed E-state index contributed by atoms with van der Waals surface area (Å²) in [6.45, 7) is 1.86. The molecule has 19 heavy (non-hydrogen) atoms. The zero-order chi connectivity index (χ0) is 13.8. The zero-order valence-electron chi connectivity index (χ0n) is 10.2. The number of carbonyl (C=O) groups is 3. The molecule has 0 saturated carbocycles. The van der Waals surface area contributed by atoms with Gasteiger partial charge in [0.2, 0.25) is 5.91 Å². The van der Waals surface area contributed by atoms with E-state index < -0.39 is 11.4 Å². The summed E-state index contributed by atoms with van der Waals surface area (Å²) in [4.78, 5) is 37.0. The van der Waals surface area contributed by atoms with Crippen LogP contribution in [0.2, 0.25) is 0 Å². The third kappa shape index (κ3) is 1.58. The lowest BCUT2D eigenvalue weighted by Gasteiger charge is -2.39. The van der Waals surface area contributed by atoms with Gasteiger partial charge in [-0.2, -0.15) is 0 Å². The summed E-state index contributed by atoms with van der Waals surface area (Å²) >= 11 is 1.11. The first-order valence-electron chi connectivity index (χ1n) is 5.89. The SMILES string of the molecule is C[C@]1(N2Cc3c(csc3O)C2=O)CCC(=O)NC1=O. The molecule has 7 heteroatoms. The summed E-state index contributed by atoms with van der Waals surface area (Å²) in [7, 11) is 0. The number of thiophene rings is 1. The molecule has 100 valence electrons. The van der Waals surface area contributed by atoms with Gasteiger partial charge >= 0.3 is 0 Å². The minimum atomic E-state index is -1.03. The van der Waals surface area contributed by atoms with Crippen LogP contribution in [0.15, 0.2) is 5.38 Å². The molecule has 0 spiro atoms. The molecule has 2 N–H and O–H groups in total. The first kappa shape index (κ1) is 12.2. The van der Waals surface area contributed by atoms with Crippen LogP contribution < -0.4 is 5.32 Å². The molecule has 1 fully saturated rings. The zero-order valence-corrected chi connectivity index (χ0v) is 11.0. The second-order valence-corrected chi connectivity index (χ2v) is 5.83. The summed E-state index contributed by atoms with van der Waals surface area (Å²) < 4.78 is 0. The van der Waals surface area contributed by atoms with Gasteiger partial charge < -0.3 is 10.0 Å². The number of aromatic hydroxyl groups is 1. The summed E-state index contributed by atoms with van der Waals surface area (Å²) in [5, 5.41) is 13.7. The number of imide groups is 1. The van der Waals surface area contributed by atoms with Gasteiger partial charge in [-0.15, -0.1) is 11.3 Å². The smallest absolute Gasteiger partial charge is 0.256 e. The minimum absolute atomic E-state index is 0.113. The molecule has 0 bridgehead atoms. The van der Waals surface area contributed by atoms with Gasteiger partial charge in [0.25, 0.3) is 11.8 Å². The number of fused-ring (bicyclic) bond motifs is 1. The fourth-order valence-corrected chi connectivity index (χ4v) is 3.32. The molecular formula is C12H12N2O4S. The molecule has 3 heterocycles. The van der Waals surface area contributed by atoms with Crippen LogP contribution in [0.25, 0.3) is 0 Å². The van der Waals surface area contributed by atoms with Crippen molar-refractivity contribution in [2.75, 3.05) is 0 Å². The number of amides is 3. The lowest BCUT2D eigenvalue weighted by Crippen LogP contribution is -2.61. The molecule has 1 aromatic heterocycles. The standard InChI is InChI=1S/C12H12N2O4S/c1-12(3-2-8(15)13-11(12)18)14-4-6-7(9(14)16)5-19-10(6)17/h5,17H,2-4H2,1H3,(H,13,15,18)/t12-/m0/s1. The van der Waals surface area contributed by atoms with E-state index >= 15 is 0 Å². The highest BCUT2D eigenvalue weighted by Gasteiger charge is 2.49. The maximum absolute atomic E-state index is 12.3. The van der Waals surface area contributed by atoms with Gasteiger partial charge in [-0.05, 0) is 13.3 Å². The Morgan fingerprint density at radius 3 is 2.79 bits per heavy atom. The van der Waals surface area contributed by atoms with Crippen molar-refractivity contribution in [3.05, 3.63) is 16.5 Å². The number of hydrogen-bond donors (Lipinski definition) is 2. The molecule has 3 amide bonds. The molecule has 1 atom stereocenters. The monoisotopic (exact) mass is 280 g/mol. The molecule has 0 unspecified atom stereocenters. The Balaban J connectivity index is 1.94. The lowest BCUT2D eigenvalue weighted by atomic mass is 9.89. The van der Waals surface area contributed by atoms with Crippen molar-refractivity contribution in [2.24, 2.45) is 0 Å². The predicted molar refractivity (Wildman–Crippen MR) is 66.6 cm³/mol. The van der Waals surface area contributed by atoms with Crippen LogP contribution in [0, 0.1) is 0 Å². The Bertz CT molecular complexity index is 609. The van der Waals surface area contributed by atoms with Gasteiger partial charge in [0.15, 0.2) is 5.06 Å². The fraction of sp³-hybridized carbons (Fsp3) is 0.417. The van der Waals surface area contributed by atoms with Crippen LogP contribution in [-0.2, 0) is 16.1 Å². The molecular weight excluding hydrogens is 268 g/mol. The third-order valence-electron chi connectivity index (χ3n) is 3.84. The van der Waals surface area contributed by atoms with Crippen LogP contribution >= 0.6 is 11.3 Å². The van der Waals surface area contributed by atoms with E-state index in [-0.39, 0.29) is 29.8 Å². The highest BCUT2D eigenvalue weighted by Crippen LogP contribution is 2.40. The van der Waals surface area contributed by atoms with Gasteiger partial charge in [-0.25, -0.2) is 0 Å². The van der Waals surface area contributed by atoms with Crippen molar-refractivity contribution >= 4 is 29.1 Å². The first-order chi connectivity index (χ1) is 8.93. The Kier molecular flexibility index (Phi) is 2.43.